The monoisotopic (exact) mass is 321 g/mol. The molecule has 23 heavy (non-hydrogen) atoms. The van der Waals surface area contributed by atoms with Gasteiger partial charge in [0.05, 0.1) is 6.10 Å². The lowest BCUT2D eigenvalue weighted by Crippen LogP contribution is -2.71. The largest absolute Gasteiger partial charge is 0.377 e. The van der Waals surface area contributed by atoms with Crippen LogP contribution in [0.25, 0.3) is 0 Å². The van der Waals surface area contributed by atoms with E-state index in [2.05, 4.69) is 21.7 Å². The number of carbonyl (C=O) groups is 1. The SMILES string of the molecule is CN1CCN(C(=O)CCN2CC3(CCC3)[C@@H]2[C@H]2CCCO2)CC1. The first-order chi connectivity index (χ1) is 11.2. The molecule has 4 aliphatic rings. The van der Waals surface area contributed by atoms with E-state index in [1.54, 1.807) is 0 Å². The minimum atomic E-state index is 0.346. The van der Waals surface area contributed by atoms with Crippen molar-refractivity contribution in [1.29, 1.82) is 0 Å². The normalized spacial score (nSPS) is 34.4. The van der Waals surface area contributed by atoms with Gasteiger partial charge in [-0.25, -0.2) is 0 Å². The highest BCUT2D eigenvalue weighted by Crippen LogP contribution is 2.55. The first kappa shape index (κ1) is 15.9. The molecule has 5 heteroatoms. The van der Waals surface area contributed by atoms with Crippen LogP contribution >= 0.6 is 0 Å². The van der Waals surface area contributed by atoms with Gasteiger partial charge >= 0.3 is 0 Å². The molecule has 3 aliphatic heterocycles. The Morgan fingerprint density at radius 3 is 2.57 bits per heavy atom. The predicted octanol–water partition coefficient (Wildman–Crippen LogP) is 1.18. The Balaban J connectivity index is 1.29. The van der Waals surface area contributed by atoms with Gasteiger partial charge in [0.15, 0.2) is 0 Å². The maximum Gasteiger partial charge on any atom is 0.223 e. The maximum absolute atomic E-state index is 12.5. The van der Waals surface area contributed by atoms with E-state index in [0.717, 1.165) is 39.3 Å². The molecule has 2 atom stereocenters. The molecule has 4 fully saturated rings. The molecule has 0 aromatic heterocycles. The molecular weight excluding hydrogens is 290 g/mol. The molecule has 0 N–H and O–H groups in total. The van der Waals surface area contributed by atoms with E-state index in [0.29, 0.717) is 29.9 Å². The zero-order valence-electron chi connectivity index (χ0n) is 14.5. The number of hydrogen-bond donors (Lipinski definition) is 0. The van der Waals surface area contributed by atoms with Crippen molar-refractivity contribution in [2.75, 3.05) is 52.9 Å². The van der Waals surface area contributed by atoms with Crippen molar-refractivity contribution < 1.29 is 9.53 Å². The molecule has 0 radical (unpaired) electrons. The number of nitrogens with zero attached hydrogens (tertiary/aromatic N) is 3. The lowest BCUT2D eigenvalue weighted by molar-refractivity contribution is -0.173. The van der Waals surface area contributed by atoms with Crippen molar-refractivity contribution in [2.45, 2.75) is 50.7 Å². The van der Waals surface area contributed by atoms with Crippen LogP contribution in [-0.4, -0.2) is 85.7 Å². The van der Waals surface area contributed by atoms with E-state index in [-0.39, 0.29) is 0 Å². The maximum atomic E-state index is 12.5. The summed E-state index contributed by atoms with van der Waals surface area (Å²) in [6.07, 6.45) is 7.68. The second-order valence-corrected chi connectivity index (χ2v) is 8.12. The van der Waals surface area contributed by atoms with Gasteiger partial charge in [-0.05, 0) is 32.7 Å². The highest BCUT2D eigenvalue weighted by Gasteiger charge is 2.58. The van der Waals surface area contributed by atoms with Crippen LogP contribution < -0.4 is 0 Å². The number of hydrogen-bond acceptors (Lipinski definition) is 4. The molecule has 3 saturated heterocycles. The quantitative estimate of drug-likeness (QED) is 0.779. The fourth-order valence-electron chi connectivity index (χ4n) is 5.11. The Morgan fingerprint density at radius 1 is 1.17 bits per heavy atom. The van der Waals surface area contributed by atoms with Gasteiger partial charge in [0, 0.05) is 63.8 Å². The minimum absolute atomic E-state index is 0.346. The number of likely N-dealkylation sites (tertiary alicyclic amines) is 1. The molecule has 0 aromatic carbocycles. The Morgan fingerprint density at radius 2 is 1.96 bits per heavy atom. The first-order valence-electron chi connectivity index (χ1n) is 9.50. The van der Waals surface area contributed by atoms with E-state index >= 15 is 0 Å². The second-order valence-electron chi connectivity index (χ2n) is 8.12. The molecule has 5 nitrogen and oxygen atoms in total. The third kappa shape index (κ3) is 2.92. The summed E-state index contributed by atoms with van der Waals surface area (Å²) >= 11 is 0. The van der Waals surface area contributed by atoms with Gasteiger partial charge in [0.25, 0.3) is 0 Å². The van der Waals surface area contributed by atoms with Crippen molar-refractivity contribution in [3.05, 3.63) is 0 Å². The lowest BCUT2D eigenvalue weighted by atomic mass is 9.56. The van der Waals surface area contributed by atoms with Gasteiger partial charge < -0.3 is 14.5 Å². The minimum Gasteiger partial charge on any atom is -0.377 e. The number of likely N-dealkylation sites (N-methyl/N-ethyl adjacent to an activating group) is 1. The fraction of sp³-hybridized carbons (Fsp3) is 0.944. The standard InChI is InChI=1S/C18H31N3O2/c1-19-9-11-20(12-10-19)16(22)5-8-21-14-18(6-3-7-18)17(21)15-4-2-13-23-15/h15,17H,2-14H2,1H3/t15-,17+/m1/s1. The smallest absolute Gasteiger partial charge is 0.223 e. The van der Waals surface area contributed by atoms with Gasteiger partial charge in [0.2, 0.25) is 5.91 Å². The summed E-state index contributed by atoms with van der Waals surface area (Å²) in [6, 6.07) is 0.596. The summed E-state index contributed by atoms with van der Waals surface area (Å²) in [7, 11) is 2.13. The summed E-state index contributed by atoms with van der Waals surface area (Å²) in [5, 5.41) is 0. The number of ether oxygens (including phenoxy) is 1. The second kappa shape index (κ2) is 6.34. The lowest BCUT2D eigenvalue weighted by Gasteiger charge is -2.64. The van der Waals surface area contributed by atoms with Crippen molar-refractivity contribution >= 4 is 5.91 Å². The van der Waals surface area contributed by atoms with Crippen LogP contribution in [0.2, 0.25) is 0 Å². The van der Waals surface area contributed by atoms with Gasteiger partial charge in [0.1, 0.15) is 0 Å². The van der Waals surface area contributed by atoms with Gasteiger partial charge in [-0.1, -0.05) is 6.42 Å². The average Bonchev–Trinajstić information content (AvgIpc) is 2.98. The predicted molar refractivity (Wildman–Crippen MR) is 89.3 cm³/mol. The van der Waals surface area contributed by atoms with E-state index in [1.807, 2.05) is 0 Å². The zero-order chi connectivity index (χ0) is 15.9. The van der Waals surface area contributed by atoms with Crippen molar-refractivity contribution in [1.82, 2.24) is 14.7 Å². The molecular formula is C18H31N3O2. The number of rotatable bonds is 4. The molecule has 3 heterocycles. The van der Waals surface area contributed by atoms with E-state index in [4.69, 9.17) is 4.74 Å². The van der Waals surface area contributed by atoms with Crippen molar-refractivity contribution in [3.63, 3.8) is 0 Å². The Labute approximate surface area is 139 Å². The molecule has 1 aliphatic carbocycles. The number of piperazine rings is 1. The zero-order valence-corrected chi connectivity index (χ0v) is 14.5. The molecule has 130 valence electrons. The molecule has 1 saturated carbocycles. The first-order valence-corrected chi connectivity index (χ1v) is 9.50. The highest BCUT2D eigenvalue weighted by molar-refractivity contribution is 5.76. The molecule has 1 spiro atoms. The van der Waals surface area contributed by atoms with Crippen LogP contribution in [0, 0.1) is 5.41 Å². The summed E-state index contributed by atoms with van der Waals surface area (Å²) in [6.45, 7) is 6.88. The van der Waals surface area contributed by atoms with Crippen LogP contribution in [0.4, 0.5) is 0 Å². The summed E-state index contributed by atoms with van der Waals surface area (Å²) in [5.41, 5.74) is 0.548. The third-order valence-corrected chi connectivity index (χ3v) is 6.67. The topological polar surface area (TPSA) is 36.0 Å². The Bertz CT molecular complexity index is 438. The van der Waals surface area contributed by atoms with E-state index in [9.17, 15) is 4.79 Å². The van der Waals surface area contributed by atoms with Crippen LogP contribution in [0.5, 0.6) is 0 Å². The van der Waals surface area contributed by atoms with Crippen LogP contribution in [0.1, 0.15) is 38.5 Å². The number of carbonyl (C=O) groups excluding carboxylic acids is 1. The molecule has 1 amide bonds. The van der Waals surface area contributed by atoms with Crippen molar-refractivity contribution in [2.24, 2.45) is 5.41 Å². The molecule has 0 bridgehead atoms. The van der Waals surface area contributed by atoms with Gasteiger partial charge in [-0.2, -0.15) is 0 Å². The fourth-order valence-corrected chi connectivity index (χ4v) is 5.11. The summed E-state index contributed by atoms with van der Waals surface area (Å²) in [4.78, 5) is 19.4. The highest BCUT2D eigenvalue weighted by atomic mass is 16.5. The van der Waals surface area contributed by atoms with Crippen LogP contribution in [-0.2, 0) is 9.53 Å². The molecule has 0 aromatic rings. The average molecular weight is 321 g/mol. The molecule has 4 rings (SSSR count). The Hall–Kier alpha value is -0.650. The van der Waals surface area contributed by atoms with Crippen LogP contribution in [0.15, 0.2) is 0 Å². The van der Waals surface area contributed by atoms with Crippen molar-refractivity contribution in [3.8, 4) is 0 Å². The van der Waals surface area contributed by atoms with E-state index in [1.165, 1.54) is 38.6 Å². The van der Waals surface area contributed by atoms with Gasteiger partial charge in [-0.15, -0.1) is 0 Å². The summed E-state index contributed by atoms with van der Waals surface area (Å²) < 4.78 is 6.01. The number of amides is 1. The summed E-state index contributed by atoms with van der Waals surface area (Å²) in [5.74, 6) is 0.346. The molecule has 0 unspecified atom stereocenters. The van der Waals surface area contributed by atoms with Gasteiger partial charge in [-0.3, -0.25) is 9.69 Å². The van der Waals surface area contributed by atoms with E-state index < -0.39 is 0 Å². The Kier molecular flexibility index (Phi) is 4.37. The third-order valence-electron chi connectivity index (χ3n) is 6.67. The van der Waals surface area contributed by atoms with Crippen LogP contribution in [0.3, 0.4) is 0 Å².